The van der Waals surface area contributed by atoms with Crippen LogP contribution < -0.4 is 5.32 Å². The Balaban J connectivity index is 2.04. The van der Waals surface area contributed by atoms with Crippen LogP contribution in [0, 0.1) is 0 Å². The summed E-state index contributed by atoms with van der Waals surface area (Å²) in [4.78, 5) is 3.91. The van der Waals surface area contributed by atoms with Crippen molar-refractivity contribution in [2.75, 3.05) is 12.4 Å². The Labute approximate surface area is 150 Å². The monoisotopic (exact) mass is 387 g/mol. The number of nitrogens with zero attached hydrogens (tertiary/aromatic N) is 2. The van der Waals surface area contributed by atoms with Gasteiger partial charge in [-0.15, -0.1) is 0 Å². The highest BCUT2D eigenvalue weighted by Gasteiger charge is 2.30. The molecule has 0 amide bonds. The van der Waals surface area contributed by atoms with E-state index in [1.807, 2.05) is 0 Å². The fraction of sp³-hybridized carbons (Fsp3) is 0.353. The Bertz CT molecular complexity index is 833. The molecule has 0 fully saturated rings. The van der Waals surface area contributed by atoms with Crippen LogP contribution in [0.4, 0.5) is 19.0 Å². The molecule has 0 saturated heterocycles. The van der Waals surface area contributed by atoms with E-state index in [0.717, 1.165) is 17.8 Å². The first-order valence-corrected chi connectivity index (χ1v) is 9.30. The number of hydrogen-bond donors (Lipinski definition) is 1. The molecule has 2 aromatic rings. The molecule has 142 valence electrons. The van der Waals surface area contributed by atoms with Crippen LogP contribution in [0.2, 0.25) is 0 Å². The van der Waals surface area contributed by atoms with Crippen LogP contribution in [0.1, 0.15) is 25.0 Å². The van der Waals surface area contributed by atoms with Gasteiger partial charge in [0.1, 0.15) is 5.82 Å². The van der Waals surface area contributed by atoms with E-state index in [1.165, 1.54) is 29.6 Å². The SMILES string of the molecule is CC(C)N(C)S(=O)(=O)c1ccc(CNc2ccc(C(F)(F)F)cn2)cc1. The average molecular weight is 387 g/mol. The third kappa shape index (κ3) is 4.73. The summed E-state index contributed by atoms with van der Waals surface area (Å²) in [6.45, 7) is 3.87. The summed E-state index contributed by atoms with van der Waals surface area (Å²) >= 11 is 0. The number of hydrogen-bond acceptors (Lipinski definition) is 4. The lowest BCUT2D eigenvalue weighted by Gasteiger charge is -2.21. The molecule has 1 heterocycles. The van der Waals surface area contributed by atoms with Gasteiger partial charge in [-0.05, 0) is 43.7 Å². The molecular formula is C17H20F3N3O2S. The van der Waals surface area contributed by atoms with E-state index in [0.29, 0.717) is 12.4 Å². The first-order valence-electron chi connectivity index (χ1n) is 7.86. The number of sulfonamides is 1. The molecule has 0 radical (unpaired) electrons. The highest BCUT2D eigenvalue weighted by molar-refractivity contribution is 7.89. The van der Waals surface area contributed by atoms with Gasteiger partial charge in [0.15, 0.2) is 0 Å². The maximum absolute atomic E-state index is 12.5. The topological polar surface area (TPSA) is 62.3 Å². The average Bonchev–Trinajstić information content (AvgIpc) is 2.59. The van der Waals surface area contributed by atoms with E-state index in [1.54, 1.807) is 26.0 Å². The van der Waals surface area contributed by atoms with Crippen LogP contribution in [0.3, 0.4) is 0 Å². The van der Waals surface area contributed by atoms with Gasteiger partial charge in [0.2, 0.25) is 10.0 Å². The van der Waals surface area contributed by atoms with E-state index in [-0.39, 0.29) is 10.9 Å². The molecule has 0 bridgehead atoms. The van der Waals surface area contributed by atoms with Gasteiger partial charge in [0, 0.05) is 25.8 Å². The van der Waals surface area contributed by atoms with Crippen molar-refractivity contribution in [2.24, 2.45) is 0 Å². The van der Waals surface area contributed by atoms with Crippen molar-refractivity contribution in [3.8, 4) is 0 Å². The predicted molar refractivity (Wildman–Crippen MR) is 93.1 cm³/mol. The van der Waals surface area contributed by atoms with E-state index in [4.69, 9.17) is 0 Å². The lowest BCUT2D eigenvalue weighted by molar-refractivity contribution is -0.137. The maximum Gasteiger partial charge on any atom is 0.417 e. The Kier molecular flexibility index (Phi) is 5.92. The zero-order chi connectivity index (χ0) is 19.5. The first kappa shape index (κ1) is 20.2. The number of anilines is 1. The van der Waals surface area contributed by atoms with Crippen LogP contribution >= 0.6 is 0 Å². The minimum atomic E-state index is -4.42. The number of nitrogens with one attached hydrogen (secondary N) is 1. The number of halogens is 3. The summed E-state index contributed by atoms with van der Waals surface area (Å²) in [5.41, 5.74) is -0.0373. The summed E-state index contributed by atoms with van der Waals surface area (Å²) in [6, 6.07) is 8.35. The molecular weight excluding hydrogens is 367 g/mol. The van der Waals surface area contributed by atoms with Crippen molar-refractivity contribution in [2.45, 2.75) is 37.5 Å². The Morgan fingerprint density at radius 3 is 2.19 bits per heavy atom. The molecule has 5 nitrogen and oxygen atoms in total. The van der Waals surface area contributed by atoms with Gasteiger partial charge in [-0.25, -0.2) is 13.4 Å². The van der Waals surface area contributed by atoms with Crippen molar-refractivity contribution in [3.05, 3.63) is 53.7 Å². The van der Waals surface area contributed by atoms with Gasteiger partial charge in [0.05, 0.1) is 10.5 Å². The summed E-state index contributed by atoms with van der Waals surface area (Å²) in [6.07, 6.45) is -3.66. The normalized spacial score (nSPS) is 12.6. The summed E-state index contributed by atoms with van der Waals surface area (Å²) in [5.74, 6) is 0.300. The molecule has 9 heteroatoms. The third-order valence-corrected chi connectivity index (χ3v) is 5.94. The molecule has 0 spiro atoms. The summed E-state index contributed by atoms with van der Waals surface area (Å²) < 4.78 is 63.5. The van der Waals surface area contributed by atoms with E-state index >= 15 is 0 Å². The van der Waals surface area contributed by atoms with Crippen molar-refractivity contribution >= 4 is 15.8 Å². The quantitative estimate of drug-likeness (QED) is 0.820. The van der Waals surface area contributed by atoms with E-state index in [2.05, 4.69) is 10.3 Å². The van der Waals surface area contributed by atoms with Crippen LogP contribution in [0.15, 0.2) is 47.5 Å². The zero-order valence-electron chi connectivity index (χ0n) is 14.6. The highest BCUT2D eigenvalue weighted by Crippen LogP contribution is 2.28. The first-order chi connectivity index (χ1) is 12.0. The fourth-order valence-electron chi connectivity index (χ4n) is 2.08. The molecule has 0 saturated carbocycles. The minimum Gasteiger partial charge on any atom is -0.366 e. The van der Waals surface area contributed by atoms with Gasteiger partial charge >= 0.3 is 6.18 Å². The second-order valence-electron chi connectivity index (χ2n) is 6.04. The zero-order valence-corrected chi connectivity index (χ0v) is 15.4. The van der Waals surface area contributed by atoms with Gasteiger partial charge in [0.25, 0.3) is 0 Å². The molecule has 1 aromatic carbocycles. The lowest BCUT2D eigenvalue weighted by Crippen LogP contribution is -2.33. The number of rotatable bonds is 6. The number of pyridine rings is 1. The molecule has 26 heavy (non-hydrogen) atoms. The second-order valence-corrected chi connectivity index (χ2v) is 8.04. The van der Waals surface area contributed by atoms with Crippen molar-refractivity contribution in [3.63, 3.8) is 0 Å². The fourth-order valence-corrected chi connectivity index (χ4v) is 3.45. The molecule has 1 aromatic heterocycles. The Hall–Kier alpha value is -2.13. The molecule has 0 aliphatic carbocycles. The number of benzene rings is 1. The molecule has 0 atom stereocenters. The van der Waals surface area contributed by atoms with Crippen LogP contribution in [0.25, 0.3) is 0 Å². The second kappa shape index (κ2) is 7.63. The standard InChI is InChI=1S/C17H20F3N3O2S/c1-12(2)23(3)26(24,25)15-7-4-13(5-8-15)10-21-16-9-6-14(11-22-16)17(18,19)20/h4-9,11-12H,10H2,1-3H3,(H,21,22). The van der Waals surface area contributed by atoms with Crippen LogP contribution in [-0.2, 0) is 22.7 Å². The molecule has 1 N–H and O–H groups in total. The predicted octanol–water partition coefficient (Wildman–Crippen LogP) is 3.74. The summed E-state index contributed by atoms with van der Waals surface area (Å²) in [5, 5.41) is 2.90. The minimum absolute atomic E-state index is 0.160. The van der Waals surface area contributed by atoms with Gasteiger partial charge in [-0.2, -0.15) is 17.5 Å². The smallest absolute Gasteiger partial charge is 0.366 e. The van der Waals surface area contributed by atoms with Gasteiger partial charge < -0.3 is 5.32 Å². The molecule has 0 aliphatic rings. The molecule has 0 unspecified atom stereocenters. The summed E-state index contributed by atoms with van der Waals surface area (Å²) in [7, 11) is -2.03. The molecule has 2 rings (SSSR count). The molecule has 0 aliphatic heterocycles. The Morgan fingerprint density at radius 1 is 1.12 bits per heavy atom. The van der Waals surface area contributed by atoms with Crippen molar-refractivity contribution in [1.82, 2.24) is 9.29 Å². The van der Waals surface area contributed by atoms with Gasteiger partial charge in [-0.1, -0.05) is 12.1 Å². The third-order valence-electron chi connectivity index (χ3n) is 3.89. The lowest BCUT2D eigenvalue weighted by atomic mass is 10.2. The number of aromatic nitrogens is 1. The van der Waals surface area contributed by atoms with Crippen molar-refractivity contribution in [1.29, 1.82) is 0 Å². The van der Waals surface area contributed by atoms with Gasteiger partial charge in [-0.3, -0.25) is 0 Å². The van der Waals surface area contributed by atoms with Crippen LogP contribution in [-0.4, -0.2) is 30.8 Å². The van der Waals surface area contributed by atoms with Crippen molar-refractivity contribution < 1.29 is 21.6 Å². The van der Waals surface area contributed by atoms with E-state index in [9.17, 15) is 21.6 Å². The maximum atomic E-state index is 12.5. The van der Waals surface area contributed by atoms with Crippen LogP contribution in [0.5, 0.6) is 0 Å². The largest absolute Gasteiger partial charge is 0.417 e. The van der Waals surface area contributed by atoms with E-state index < -0.39 is 21.8 Å². The Morgan fingerprint density at radius 2 is 1.73 bits per heavy atom. The number of alkyl halides is 3. The highest BCUT2D eigenvalue weighted by atomic mass is 32.2.